The molecule has 1 N–H and O–H groups in total. The number of nitrogens with one attached hydrogen (secondary N) is 1. The van der Waals surface area contributed by atoms with E-state index in [2.05, 4.69) is 10.4 Å². The molecule has 1 amide bonds. The summed E-state index contributed by atoms with van der Waals surface area (Å²) in [4.78, 5) is 12.0. The van der Waals surface area contributed by atoms with Gasteiger partial charge in [-0.3, -0.25) is 5.32 Å². The Morgan fingerprint density at radius 2 is 1.81 bits per heavy atom. The molecule has 0 bridgehead atoms. The molecule has 2 rings (SSSR count). The second-order valence-electron chi connectivity index (χ2n) is 6.59. The molecule has 6 nitrogen and oxygen atoms in total. The molecule has 0 saturated carbocycles. The zero-order chi connectivity index (χ0) is 19.5. The van der Waals surface area contributed by atoms with E-state index in [9.17, 15) is 4.79 Å². The first-order valence-corrected chi connectivity index (χ1v) is 8.88. The Balaban J connectivity index is 2.31. The lowest BCUT2D eigenvalue weighted by Gasteiger charge is -2.14. The van der Waals surface area contributed by atoms with Crippen LogP contribution in [0.2, 0.25) is 0 Å². The van der Waals surface area contributed by atoms with E-state index in [-0.39, 0.29) is 12.0 Å². The number of hydrogen-bond acceptors (Lipinski definition) is 4. The first-order chi connectivity index (χ1) is 12.0. The summed E-state index contributed by atoms with van der Waals surface area (Å²) in [5.74, 6) is 1.16. The van der Waals surface area contributed by atoms with E-state index in [0.29, 0.717) is 11.6 Å². The Morgan fingerprint density at radius 1 is 1.19 bits per heavy atom. The monoisotopic (exact) mass is 419 g/mol. The fraction of sp³-hybridized carbons (Fsp3) is 0.412. The van der Waals surface area contributed by atoms with Crippen LogP contribution in [0.25, 0.3) is 5.69 Å². The van der Waals surface area contributed by atoms with E-state index in [1.54, 1.807) is 30.0 Å². The molecule has 0 unspecified atom stereocenters. The van der Waals surface area contributed by atoms with Crippen LogP contribution in [0.3, 0.4) is 0 Å². The van der Waals surface area contributed by atoms with Crippen LogP contribution in [0.5, 0.6) is 5.75 Å². The maximum atomic E-state index is 12.0. The molecule has 1 aromatic heterocycles. The van der Waals surface area contributed by atoms with Crippen molar-refractivity contribution in [3.05, 3.63) is 36.0 Å². The molecular formula is C17H20Cl3N3O3. The molecule has 26 heavy (non-hydrogen) atoms. The number of aromatic nitrogens is 2. The highest BCUT2D eigenvalue weighted by Gasteiger charge is 2.24. The highest BCUT2D eigenvalue weighted by molar-refractivity contribution is 6.67. The van der Waals surface area contributed by atoms with E-state index in [1.165, 1.54) is 0 Å². The summed E-state index contributed by atoms with van der Waals surface area (Å²) >= 11 is 16.8. The Morgan fingerprint density at radius 3 is 2.31 bits per heavy atom. The molecule has 1 heterocycles. The minimum Gasteiger partial charge on any atom is -0.497 e. The van der Waals surface area contributed by atoms with Gasteiger partial charge in [0.1, 0.15) is 18.2 Å². The summed E-state index contributed by atoms with van der Waals surface area (Å²) in [5, 5.41) is 7.23. The van der Waals surface area contributed by atoms with Crippen LogP contribution in [0.1, 0.15) is 26.5 Å². The average molecular weight is 421 g/mol. The third kappa shape index (κ3) is 5.69. The second kappa shape index (κ2) is 7.94. The molecular weight excluding hydrogens is 401 g/mol. The number of carbonyl (C=O) groups is 1. The van der Waals surface area contributed by atoms with Crippen molar-refractivity contribution >= 4 is 46.7 Å². The molecule has 0 aliphatic rings. The summed E-state index contributed by atoms with van der Waals surface area (Å²) in [6.45, 7) is 5.71. The lowest BCUT2D eigenvalue weighted by molar-refractivity contribution is 0.163. The predicted molar refractivity (Wildman–Crippen MR) is 104 cm³/mol. The van der Waals surface area contributed by atoms with Gasteiger partial charge in [0.25, 0.3) is 0 Å². The van der Waals surface area contributed by atoms with E-state index < -0.39 is 9.89 Å². The van der Waals surface area contributed by atoms with Crippen LogP contribution < -0.4 is 10.1 Å². The minimum atomic E-state index is -1.68. The van der Waals surface area contributed by atoms with Gasteiger partial charge in [0.15, 0.2) is 0 Å². The molecule has 0 radical (unpaired) electrons. The third-order valence-corrected chi connectivity index (χ3v) is 3.72. The van der Waals surface area contributed by atoms with Gasteiger partial charge in [-0.15, -0.1) is 0 Å². The Bertz CT molecular complexity index is 762. The quantitative estimate of drug-likeness (QED) is 0.699. The largest absolute Gasteiger partial charge is 0.497 e. The fourth-order valence-corrected chi connectivity index (χ4v) is 2.21. The molecule has 0 saturated heterocycles. The summed E-state index contributed by atoms with van der Waals surface area (Å²) in [6, 6.07) is 9.05. The molecule has 0 spiro atoms. The van der Waals surface area contributed by atoms with Crippen molar-refractivity contribution in [2.45, 2.75) is 30.0 Å². The molecule has 142 valence electrons. The maximum absolute atomic E-state index is 12.0. The Kier molecular flexibility index (Phi) is 6.32. The number of rotatable bonds is 4. The van der Waals surface area contributed by atoms with Gasteiger partial charge in [-0.1, -0.05) is 55.6 Å². The van der Waals surface area contributed by atoms with Gasteiger partial charge in [0, 0.05) is 11.5 Å². The van der Waals surface area contributed by atoms with Gasteiger partial charge in [-0.2, -0.15) is 5.10 Å². The van der Waals surface area contributed by atoms with Gasteiger partial charge < -0.3 is 9.47 Å². The Hall–Kier alpha value is -1.63. The summed E-state index contributed by atoms with van der Waals surface area (Å²) in [7, 11) is 1.59. The molecule has 9 heteroatoms. The number of alkyl halides is 3. The van der Waals surface area contributed by atoms with E-state index in [1.807, 2.05) is 32.9 Å². The number of anilines is 1. The number of ether oxygens (including phenoxy) is 2. The first-order valence-electron chi connectivity index (χ1n) is 7.75. The fourth-order valence-electron chi connectivity index (χ4n) is 2.04. The number of benzene rings is 1. The first kappa shape index (κ1) is 20.7. The molecule has 1 aromatic carbocycles. The molecule has 0 atom stereocenters. The second-order valence-corrected chi connectivity index (χ2v) is 9.11. The number of amides is 1. The highest BCUT2D eigenvalue weighted by Crippen LogP contribution is 2.28. The number of carbonyl (C=O) groups excluding carboxylic acids is 1. The maximum Gasteiger partial charge on any atom is 0.412 e. The van der Waals surface area contributed by atoms with Crippen molar-refractivity contribution < 1.29 is 14.3 Å². The smallest absolute Gasteiger partial charge is 0.412 e. The van der Waals surface area contributed by atoms with Crippen molar-refractivity contribution in [1.82, 2.24) is 9.78 Å². The topological polar surface area (TPSA) is 65.4 Å². The van der Waals surface area contributed by atoms with Crippen molar-refractivity contribution in [3.8, 4) is 11.4 Å². The third-order valence-electron chi connectivity index (χ3n) is 3.39. The molecule has 0 aliphatic heterocycles. The average Bonchev–Trinajstić information content (AvgIpc) is 2.96. The van der Waals surface area contributed by atoms with Crippen LogP contribution in [-0.4, -0.2) is 33.4 Å². The van der Waals surface area contributed by atoms with Crippen molar-refractivity contribution in [2.75, 3.05) is 19.0 Å². The highest BCUT2D eigenvalue weighted by atomic mass is 35.6. The van der Waals surface area contributed by atoms with Gasteiger partial charge in [-0.05, 0) is 24.3 Å². The van der Waals surface area contributed by atoms with Crippen molar-refractivity contribution in [1.29, 1.82) is 0 Å². The van der Waals surface area contributed by atoms with Gasteiger partial charge in [-0.25, -0.2) is 9.48 Å². The number of hydrogen-bond donors (Lipinski definition) is 1. The normalized spacial score (nSPS) is 12.0. The van der Waals surface area contributed by atoms with Crippen molar-refractivity contribution in [2.24, 2.45) is 0 Å². The lowest BCUT2D eigenvalue weighted by atomic mass is 9.92. The van der Waals surface area contributed by atoms with Crippen LogP contribution in [0.15, 0.2) is 30.3 Å². The lowest BCUT2D eigenvalue weighted by Crippen LogP contribution is -2.22. The van der Waals surface area contributed by atoms with Gasteiger partial charge in [0.05, 0.1) is 18.5 Å². The zero-order valence-electron chi connectivity index (χ0n) is 14.8. The molecule has 0 aliphatic carbocycles. The summed E-state index contributed by atoms with van der Waals surface area (Å²) in [5.41, 5.74) is 1.33. The van der Waals surface area contributed by atoms with Crippen LogP contribution in [0, 0.1) is 0 Å². The molecule has 0 fully saturated rings. The zero-order valence-corrected chi connectivity index (χ0v) is 17.1. The van der Waals surface area contributed by atoms with Gasteiger partial charge in [0.2, 0.25) is 3.79 Å². The van der Waals surface area contributed by atoms with E-state index >= 15 is 0 Å². The summed E-state index contributed by atoms with van der Waals surface area (Å²) < 4.78 is 10.0. The van der Waals surface area contributed by atoms with Crippen LogP contribution >= 0.6 is 34.8 Å². The Labute approximate surface area is 167 Å². The number of methoxy groups -OCH3 is 1. The predicted octanol–water partition coefficient (Wildman–Crippen LogP) is 5.10. The SMILES string of the molecule is COc1ccc(-n2nc(C(C)(C)C)cc2NC(=O)OCC(Cl)(Cl)Cl)cc1. The minimum absolute atomic E-state index is 0.213. The number of halogens is 3. The summed E-state index contributed by atoms with van der Waals surface area (Å²) in [6.07, 6.45) is -0.744. The van der Waals surface area contributed by atoms with E-state index in [0.717, 1.165) is 11.4 Å². The van der Waals surface area contributed by atoms with Crippen molar-refractivity contribution in [3.63, 3.8) is 0 Å². The van der Waals surface area contributed by atoms with Crippen LogP contribution in [0.4, 0.5) is 10.6 Å². The molecule has 2 aromatic rings. The standard InChI is InChI=1S/C17H20Cl3N3O3/c1-16(2,3)13-9-14(21-15(24)26-10-17(18,19)20)23(22-13)11-5-7-12(25-4)8-6-11/h5-9H,10H2,1-4H3,(H,21,24). The van der Waals surface area contributed by atoms with Crippen LogP contribution in [-0.2, 0) is 10.2 Å². The number of nitrogens with zero attached hydrogens (tertiary/aromatic N) is 2. The van der Waals surface area contributed by atoms with Gasteiger partial charge >= 0.3 is 6.09 Å². The van der Waals surface area contributed by atoms with E-state index in [4.69, 9.17) is 44.3 Å².